The summed E-state index contributed by atoms with van der Waals surface area (Å²) in [5.41, 5.74) is 1.79. The van der Waals surface area contributed by atoms with Crippen molar-refractivity contribution < 1.29 is 9.21 Å². The van der Waals surface area contributed by atoms with Gasteiger partial charge in [0.15, 0.2) is 5.16 Å². The molecule has 3 aromatic rings. The van der Waals surface area contributed by atoms with E-state index in [1.807, 2.05) is 36.4 Å². The van der Waals surface area contributed by atoms with E-state index in [9.17, 15) is 4.79 Å². The van der Waals surface area contributed by atoms with E-state index in [4.69, 9.17) is 4.42 Å². The van der Waals surface area contributed by atoms with Gasteiger partial charge in [-0.25, -0.2) is 4.98 Å². The van der Waals surface area contributed by atoms with E-state index in [0.29, 0.717) is 12.1 Å². The maximum Gasteiger partial charge on any atom is 0.251 e. The van der Waals surface area contributed by atoms with Gasteiger partial charge < -0.3 is 9.73 Å². The lowest BCUT2D eigenvalue weighted by Crippen LogP contribution is -2.36. The SMILES string of the molecule is O=C(NCC(c1ccco1)N1CCCC1)c1ccc(CSc2ncn[nH]2)cc1. The van der Waals surface area contributed by atoms with Crippen molar-refractivity contribution in [3.63, 3.8) is 0 Å². The average Bonchev–Trinajstić information content (AvgIpc) is 3.51. The highest BCUT2D eigenvalue weighted by atomic mass is 32.2. The van der Waals surface area contributed by atoms with Gasteiger partial charge in [0.1, 0.15) is 12.1 Å². The Kier molecular flexibility index (Phi) is 6.08. The number of benzene rings is 1. The maximum absolute atomic E-state index is 12.6. The topological polar surface area (TPSA) is 87.1 Å². The van der Waals surface area contributed by atoms with Gasteiger partial charge in [-0.15, -0.1) is 0 Å². The molecule has 1 aromatic carbocycles. The molecule has 1 atom stereocenters. The summed E-state index contributed by atoms with van der Waals surface area (Å²) in [7, 11) is 0. The van der Waals surface area contributed by atoms with E-state index in [2.05, 4.69) is 25.4 Å². The summed E-state index contributed by atoms with van der Waals surface area (Å²) in [5, 5.41) is 10.5. The van der Waals surface area contributed by atoms with E-state index >= 15 is 0 Å². The zero-order valence-corrected chi connectivity index (χ0v) is 16.3. The first kappa shape index (κ1) is 18.8. The van der Waals surface area contributed by atoms with Crippen LogP contribution < -0.4 is 5.32 Å². The van der Waals surface area contributed by atoms with Crippen molar-refractivity contribution in [3.8, 4) is 0 Å². The number of hydrogen-bond acceptors (Lipinski definition) is 6. The summed E-state index contributed by atoms with van der Waals surface area (Å²) in [5.74, 6) is 1.61. The molecule has 2 aromatic heterocycles. The third-order valence-corrected chi connectivity index (χ3v) is 5.84. The second-order valence-corrected chi connectivity index (χ2v) is 7.72. The van der Waals surface area contributed by atoms with Crippen LogP contribution in [0.5, 0.6) is 0 Å². The van der Waals surface area contributed by atoms with Crippen LogP contribution >= 0.6 is 11.8 Å². The Balaban J connectivity index is 1.33. The number of H-pyrrole nitrogens is 1. The average molecular weight is 398 g/mol. The van der Waals surface area contributed by atoms with E-state index in [0.717, 1.165) is 35.3 Å². The van der Waals surface area contributed by atoms with Crippen LogP contribution in [0.4, 0.5) is 0 Å². The number of aromatic nitrogens is 3. The predicted molar refractivity (Wildman–Crippen MR) is 107 cm³/mol. The Morgan fingerprint density at radius 1 is 1.25 bits per heavy atom. The Labute approximate surface area is 167 Å². The molecule has 1 aliphatic heterocycles. The number of furan rings is 1. The standard InChI is InChI=1S/C20H23N5O2S/c26-19(16-7-5-15(6-8-16)13-28-20-22-14-23-24-20)21-12-17(18-4-3-11-27-18)25-9-1-2-10-25/h3-8,11,14,17H,1-2,9-10,12-13H2,(H,21,26)(H,22,23,24). The molecule has 0 saturated carbocycles. The van der Waals surface area contributed by atoms with Crippen LogP contribution in [0.2, 0.25) is 0 Å². The first-order valence-corrected chi connectivity index (χ1v) is 10.4. The number of carbonyl (C=O) groups is 1. The minimum atomic E-state index is -0.0646. The van der Waals surface area contributed by atoms with Crippen molar-refractivity contribution >= 4 is 17.7 Å². The van der Waals surface area contributed by atoms with Gasteiger partial charge in [-0.3, -0.25) is 14.8 Å². The minimum Gasteiger partial charge on any atom is -0.468 e. The number of amides is 1. The highest BCUT2D eigenvalue weighted by molar-refractivity contribution is 7.98. The number of hydrogen-bond donors (Lipinski definition) is 2. The second kappa shape index (κ2) is 9.07. The zero-order chi connectivity index (χ0) is 19.2. The number of aromatic amines is 1. The zero-order valence-electron chi connectivity index (χ0n) is 15.5. The summed E-state index contributed by atoms with van der Waals surface area (Å²) >= 11 is 1.58. The fourth-order valence-corrected chi connectivity index (χ4v) is 4.14. The number of nitrogens with zero attached hydrogens (tertiary/aromatic N) is 3. The molecule has 7 nitrogen and oxygen atoms in total. The van der Waals surface area contributed by atoms with Gasteiger partial charge in [-0.2, -0.15) is 5.10 Å². The van der Waals surface area contributed by atoms with Crippen molar-refractivity contribution in [1.29, 1.82) is 0 Å². The summed E-state index contributed by atoms with van der Waals surface area (Å²) in [6.45, 7) is 2.62. The van der Waals surface area contributed by atoms with Crippen LogP contribution in [-0.4, -0.2) is 45.6 Å². The minimum absolute atomic E-state index is 0.0646. The van der Waals surface area contributed by atoms with Gasteiger partial charge in [-0.05, 0) is 55.8 Å². The molecule has 146 valence electrons. The van der Waals surface area contributed by atoms with Gasteiger partial charge in [0.25, 0.3) is 5.91 Å². The van der Waals surface area contributed by atoms with Gasteiger partial charge >= 0.3 is 0 Å². The second-order valence-electron chi connectivity index (χ2n) is 6.76. The highest BCUT2D eigenvalue weighted by Gasteiger charge is 2.26. The molecule has 4 rings (SSSR count). The van der Waals surface area contributed by atoms with E-state index in [-0.39, 0.29) is 11.9 Å². The van der Waals surface area contributed by atoms with Crippen LogP contribution in [0.3, 0.4) is 0 Å². The summed E-state index contributed by atoms with van der Waals surface area (Å²) in [6.07, 6.45) is 5.57. The predicted octanol–water partition coefficient (Wildman–Crippen LogP) is 3.26. The number of nitrogens with one attached hydrogen (secondary N) is 2. The molecule has 2 N–H and O–H groups in total. The normalized spacial score (nSPS) is 15.6. The van der Waals surface area contributed by atoms with Crippen LogP contribution in [0.15, 0.2) is 58.6 Å². The number of rotatable bonds is 8. The molecule has 1 saturated heterocycles. The number of carbonyl (C=O) groups excluding carboxylic acids is 1. The lowest BCUT2D eigenvalue weighted by molar-refractivity contribution is 0.0934. The van der Waals surface area contributed by atoms with Crippen LogP contribution in [-0.2, 0) is 5.75 Å². The Hall–Kier alpha value is -2.58. The number of thioether (sulfide) groups is 1. The Morgan fingerprint density at radius 2 is 2.07 bits per heavy atom. The molecular weight excluding hydrogens is 374 g/mol. The summed E-state index contributed by atoms with van der Waals surface area (Å²) in [4.78, 5) is 19.1. The van der Waals surface area contributed by atoms with Crippen molar-refractivity contribution in [2.75, 3.05) is 19.6 Å². The highest BCUT2D eigenvalue weighted by Crippen LogP contribution is 2.25. The third kappa shape index (κ3) is 4.63. The van der Waals surface area contributed by atoms with Crippen LogP contribution in [0.25, 0.3) is 0 Å². The van der Waals surface area contributed by atoms with Gasteiger partial charge in [0, 0.05) is 17.9 Å². The first-order valence-electron chi connectivity index (χ1n) is 9.42. The van der Waals surface area contributed by atoms with E-state index < -0.39 is 0 Å². The summed E-state index contributed by atoms with van der Waals surface area (Å²) < 4.78 is 5.61. The van der Waals surface area contributed by atoms with Crippen molar-refractivity contribution in [2.24, 2.45) is 0 Å². The Morgan fingerprint density at radius 3 is 2.75 bits per heavy atom. The lowest BCUT2D eigenvalue weighted by Gasteiger charge is -2.26. The van der Waals surface area contributed by atoms with Gasteiger partial charge in [0.2, 0.25) is 0 Å². The maximum atomic E-state index is 12.6. The largest absolute Gasteiger partial charge is 0.468 e. The fourth-order valence-electron chi connectivity index (χ4n) is 3.40. The smallest absolute Gasteiger partial charge is 0.251 e. The molecule has 0 aliphatic carbocycles. The molecule has 1 amide bonds. The van der Waals surface area contributed by atoms with Crippen molar-refractivity contribution in [2.45, 2.75) is 29.8 Å². The van der Waals surface area contributed by atoms with E-state index in [1.54, 1.807) is 18.0 Å². The molecule has 1 unspecified atom stereocenters. The number of likely N-dealkylation sites (tertiary alicyclic amines) is 1. The fraction of sp³-hybridized carbons (Fsp3) is 0.350. The van der Waals surface area contributed by atoms with Gasteiger partial charge in [0.05, 0.1) is 12.3 Å². The molecule has 28 heavy (non-hydrogen) atoms. The monoisotopic (exact) mass is 397 g/mol. The molecule has 8 heteroatoms. The van der Waals surface area contributed by atoms with E-state index in [1.165, 1.54) is 19.2 Å². The molecule has 0 spiro atoms. The molecule has 0 radical (unpaired) electrons. The molecule has 0 bridgehead atoms. The van der Waals surface area contributed by atoms with Crippen LogP contribution in [0.1, 0.15) is 40.6 Å². The quantitative estimate of drug-likeness (QED) is 0.568. The summed E-state index contributed by atoms with van der Waals surface area (Å²) in [6, 6.07) is 11.6. The molecule has 3 heterocycles. The molecule has 1 aliphatic rings. The van der Waals surface area contributed by atoms with Crippen LogP contribution in [0, 0.1) is 0 Å². The molecule has 1 fully saturated rings. The third-order valence-electron chi connectivity index (χ3n) is 4.89. The Bertz CT molecular complexity index is 859. The van der Waals surface area contributed by atoms with Gasteiger partial charge in [-0.1, -0.05) is 23.9 Å². The lowest BCUT2D eigenvalue weighted by atomic mass is 10.1. The first-order chi connectivity index (χ1) is 13.8. The van der Waals surface area contributed by atoms with Crippen molar-refractivity contribution in [1.82, 2.24) is 25.4 Å². The molecular formula is C20H23N5O2S. The van der Waals surface area contributed by atoms with Crippen molar-refractivity contribution in [3.05, 3.63) is 65.9 Å².